The van der Waals surface area contributed by atoms with Crippen LogP contribution in [0.2, 0.25) is 0 Å². The van der Waals surface area contributed by atoms with Crippen LogP contribution in [0.15, 0.2) is 24.3 Å². The molecule has 0 saturated carbocycles. The van der Waals surface area contributed by atoms with Crippen molar-refractivity contribution in [2.24, 2.45) is 0 Å². The third kappa shape index (κ3) is 5.27. The first-order valence-corrected chi connectivity index (χ1v) is 8.46. The average Bonchev–Trinajstić information content (AvgIpc) is 2.83. The first-order chi connectivity index (χ1) is 11.1. The molecule has 2 amide bonds. The molecule has 5 nitrogen and oxygen atoms in total. The molecule has 0 radical (unpaired) electrons. The lowest BCUT2D eigenvalue weighted by atomic mass is 10.1. The van der Waals surface area contributed by atoms with Crippen molar-refractivity contribution in [2.75, 3.05) is 25.5 Å². The average molecular weight is 317 g/mol. The lowest BCUT2D eigenvalue weighted by Gasteiger charge is -2.23. The minimum absolute atomic E-state index is 0.0330. The van der Waals surface area contributed by atoms with Gasteiger partial charge < -0.3 is 15.5 Å². The zero-order chi connectivity index (χ0) is 16.7. The highest BCUT2D eigenvalue weighted by atomic mass is 16.2. The molecule has 0 aromatic heterocycles. The van der Waals surface area contributed by atoms with Crippen molar-refractivity contribution in [3.8, 4) is 0 Å². The van der Waals surface area contributed by atoms with Crippen LogP contribution in [0.25, 0.3) is 0 Å². The van der Waals surface area contributed by atoms with E-state index >= 15 is 0 Å². The van der Waals surface area contributed by atoms with Crippen LogP contribution in [-0.2, 0) is 4.79 Å². The second-order valence-electron chi connectivity index (χ2n) is 6.20. The van der Waals surface area contributed by atoms with E-state index < -0.39 is 0 Å². The Balaban J connectivity index is 1.89. The highest BCUT2D eigenvalue weighted by Crippen LogP contribution is 2.15. The largest absolute Gasteiger partial charge is 0.382 e. The van der Waals surface area contributed by atoms with Crippen molar-refractivity contribution < 1.29 is 9.59 Å². The summed E-state index contributed by atoms with van der Waals surface area (Å²) in [6, 6.07) is 7.38. The van der Waals surface area contributed by atoms with Gasteiger partial charge in [0, 0.05) is 43.9 Å². The monoisotopic (exact) mass is 317 g/mol. The van der Waals surface area contributed by atoms with Gasteiger partial charge in [0.1, 0.15) is 0 Å². The van der Waals surface area contributed by atoms with E-state index in [-0.39, 0.29) is 17.9 Å². The van der Waals surface area contributed by atoms with Crippen LogP contribution >= 0.6 is 0 Å². The first-order valence-electron chi connectivity index (χ1n) is 8.46. The molecular weight excluding hydrogens is 290 g/mol. The smallest absolute Gasteiger partial charge is 0.251 e. The second-order valence-corrected chi connectivity index (χ2v) is 6.20. The van der Waals surface area contributed by atoms with Crippen LogP contribution < -0.4 is 10.6 Å². The SMILES string of the molecule is CNC(=O)c1cccc(N[C@@H](C)CC(=O)N2CCCCCC2)c1. The van der Waals surface area contributed by atoms with Gasteiger partial charge in [-0.05, 0) is 38.0 Å². The molecule has 23 heavy (non-hydrogen) atoms. The van der Waals surface area contributed by atoms with Crippen molar-refractivity contribution in [2.45, 2.75) is 45.1 Å². The third-order valence-electron chi connectivity index (χ3n) is 4.20. The van der Waals surface area contributed by atoms with E-state index in [9.17, 15) is 9.59 Å². The Morgan fingerprint density at radius 2 is 1.87 bits per heavy atom. The fraction of sp³-hybridized carbons (Fsp3) is 0.556. The molecule has 5 heteroatoms. The zero-order valence-corrected chi connectivity index (χ0v) is 14.1. The molecule has 0 bridgehead atoms. The number of likely N-dealkylation sites (tertiary alicyclic amines) is 1. The molecule has 126 valence electrons. The molecule has 1 saturated heterocycles. The van der Waals surface area contributed by atoms with Gasteiger partial charge in [-0.1, -0.05) is 18.9 Å². The summed E-state index contributed by atoms with van der Waals surface area (Å²) >= 11 is 0. The van der Waals surface area contributed by atoms with Gasteiger partial charge in [0.25, 0.3) is 5.91 Å². The van der Waals surface area contributed by atoms with Gasteiger partial charge >= 0.3 is 0 Å². The Bertz CT molecular complexity index is 537. The zero-order valence-electron chi connectivity index (χ0n) is 14.1. The molecule has 0 spiro atoms. The molecule has 0 aliphatic carbocycles. The number of nitrogens with one attached hydrogen (secondary N) is 2. The second kappa shape index (κ2) is 8.56. The number of rotatable bonds is 5. The van der Waals surface area contributed by atoms with Gasteiger partial charge in [0.2, 0.25) is 5.91 Å². The van der Waals surface area contributed by atoms with E-state index in [1.165, 1.54) is 12.8 Å². The number of nitrogens with zero attached hydrogens (tertiary/aromatic N) is 1. The fourth-order valence-corrected chi connectivity index (χ4v) is 2.94. The molecule has 1 aliphatic rings. The van der Waals surface area contributed by atoms with Crippen LogP contribution in [0.4, 0.5) is 5.69 Å². The summed E-state index contributed by atoms with van der Waals surface area (Å²) < 4.78 is 0. The van der Waals surface area contributed by atoms with Gasteiger partial charge in [-0.25, -0.2) is 0 Å². The number of carbonyl (C=O) groups excluding carboxylic acids is 2. The number of anilines is 1. The van der Waals surface area contributed by atoms with Crippen LogP contribution in [0.1, 0.15) is 49.4 Å². The highest BCUT2D eigenvalue weighted by molar-refractivity contribution is 5.94. The van der Waals surface area contributed by atoms with Crippen LogP contribution in [0.3, 0.4) is 0 Å². The van der Waals surface area contributed by atoms with Gasteiger partial charge in [-0.2, -0.15) is 0 Å². The maximum absolute atomic E-state index is 12.4. The number of carbonyl (C=O) groups is 2. The minimum Gasteiger partial charge on any atom is -0.382 e. The molecule has 2 N–H and O–H groups in total. The van der Waals surface area contributed by atoms with Crippen molar-refractivity contribution in [1.82, 2.24) is 10.2 Å². The van der Waals surface area contributed by atoms with Crippen molar-refractivity contribution in [3.63, 3.8) is 0 Å². The predicted octanol–water partition coefficient (Wildman–Crippen LogP) is 2.64. The maximum Gasteiger partial charge on any atom is 0.251 e. The number of amides is 2. The summed E-state index contributed by atoms with van der Waals surface area (Å²) in [6.07, 6.45) is 5.15. The summed E-state index contributed by atoms with van der Waals surface area (Å²) in [5.41, 5.74) is 1.48. The fourth-order valence-electron chi connectivity index (χ4n) is 2.94. The summed E-state index contributed by atoms with van der Waals surface area (Å²) in [5, 5.41) is 5.93. The van der Waals surface area contributed by atoms with Gasteiger partial charge in [0.15, 0.2) is 0 Å². The standard InChI is InChI=1S/C18H27N3O2/c1-14(12-17(22)21-10-5-3-4-6-11-21)20-16-9-7-8-15(13-16)18(23)19-2/h7-9,13-14,20H,3-6,10-12H2,1-2H3,(H,19,23)/t14-/m0/s1. The third-order valence-corrected chi connectivity index (χ3v) is 4.20. The molecule has 1 fully saturated rings. The van der Waals surface area contributed by atoms with Crippen molar-refractivity contribution >= 4 is 17.5 Å². The summed E-state index contributed by atoms with van der Waals surface area (Å²) in [7, 11) is 1.62. The summed E-state index contributed by atoms with van der Waals surface area (Å²) in [6.45, 7) is 3.78. The Labute approximate surface area is 138 Å². The van der Waals surface area contributed by atoms with Gasteiger partial charge in [-0.3, -0.25) is 9.59 Å². The molecule has 2 rings (SSSR count). The normalized spacial score (nSPS) is 16.3. The Morgan fingerprint density at radius 3 is 2.52 bits per heavy atom. The maximum atomic E-state index is 12.4. The predicted molar refractivity (Wildman–Crippen MR) is 92.6 cm³/mol. The molecule has 1 aliphatic heterocycles. The van der Waals surface area contributed by atoms with E-state index in [0.29, 0.717) is 12.0 Å². The number of hydrogen-bond donors (Lipinski definition) is 2. The Morgan fingerprint density at radius 1 is 1.17 bits per heavy atom. The summed E-state index contributed by atoms with van der Waals surface area (Å²) in [4.78, 5) is 26.1. The molecule has 1 aromatic rings. The molecule has 1 atom stereocenters. The summed E-state index contributed by atoms with van der Waals surface area (Å²) in [5.74, 6) is 0.108. The molecular formula is C18H27N3O2. The van der Waals surface area contributed by atoms with Crippen LogP contribution in [0.5, 0.6) is 0 Å². The van der Waals surface area contributed by atoms with E-state index in [2.05, 4.69) is 10.6 Å². The Hall–Kier alpha value is -2.04. The topological polar surface area (TPSA) is 61.4 Å². The lowest BCUT2D eigenvalue weighted by molar-refractivity contribution is -0.131. The lowest BCUT2D eigenvalue weighted by Crippen LogP contribution is -2.35. The molecule has 1 heterocycles. The molecule has 1 aromatic carbocycles. The Kier molecular flexibility index (Phi) is 6.44. The minimum atomic E-state index is -0.109. The van der Waals surface area contributed by atoms with E-state index in [1.54, 1.807) is 13.1 Å². The van der Waals surface area contributed by atoms with Crippen molar-refractivity contribution in [1.29, 1.82) is 0 Å². The van der Waals surface area contributed by atoms with E-state index in [1.807, 2.05) is 30.0 Å². The quantitative estimate of drug-likeness (QED) is 0.877. The van der Waals surface area contributed by atoms with Crippen LogP contribution in [-0.4, -0.2) is 42.9 Å². The van der Waals surface area contributed by atoms with Gasteiger partial charge in [0.05, 0.1) is 0 Å². The number of hydrogen-bond acceptors (Lipinski definition) is 3. The van der Waals surface area contributed by atoms with Gasteiger partial charge in [-0.15, -0.1) is 0 Å². The molecule has 0 unspecified atom stereocenters. The number of benzene rings is 1. The van der Waals surface area contributed by atoms with Crippen LogP contribution in [0, 0.1) is 0 Å². The van der Waals surface area contributed by atoms with E-state index in [4.69, 9.17) is 0 Å². The highest BCUT2D eigenvalue weighted by Gasteiger charge is 2.18. The first kappa shape index (κ1) is 17.3. The van der Waals surface area contributed by atoms with E-state index in [0.717, 1.165) is 31.6 Å². The van der Waals surface area contributed by atoms with Crippen molar-refractivity contribution in [3.05, 3.63) is 29.8 Å².